The second-order valence-corrected chi connectivity index (χ2v) is 9.17. The predicted octanol–water partition coefficient (Wildman–Crippen LogP) is 5.47. The van der Waals surface area contributed by atoms with Gasteiger partial charge in [0.05, 0.1) is 6.61 Å². The number of hydrogen-bond donors (Lipinski definition) is 1. The van der Waals surface area contributed by atoms with E-state index in [0.717, 1.165) is 17.9 Å². The molecule has 1 aromatic carbocycles. The van der Waals surface area contributed by atoms with Gasteiger partial charge in [-0.25, -0.2) is 0 Å². The molecule has 1 atom stereocenters. The van der Waals surface area contributed by atoms with Gasteiger partial charge in [0, 0.05) is 6.42 Å². The molecule has 25 heavy (non-hydrogen) atoms. The fraction of sp³-hybridized carbons (Fsp3) is 0.682. The molecule has 138 valence electrons. The molecule has 1 spiro atoms. The van der Waals surface area contributed by atoms with E-state index in [1.807, 2.05) is 24.3 Å². The van der Waals surface area contributed by atoms with Gasteiger partial charge in [0.2, 0.25) is 0 Å². The molecule has 2 aliphatic carbocycles. The Balaban J connectivity index is 1.54. The van der Waals surface area contributed by atoms with Crippen molar-refractivity contribution >= 4 is 5.97 Å². The highest BCUT2D eigenvalue weighted by Gasteiger charge is 2.45. The molecule has 0 radical (unpaired) electrons. The normalized spacial score (nSPS) is 24.3. The van der Waals surface area contributed by atoms with Crippen LogP contribution in [0.3, 0.4) is 0 Å². The van der Waals surface area contributed by atoms with E-state index in [4.69, 9.17) is 9.84 Å². The van der Waals surface area contributed by atoms with Gasteiger partial charge in [-0.05, 0) is 73.0 Å². The molecule has 1 aromatic rings. The summed E-state index contributed by atoms with van der Waals surface area (Å²) in [4.78, 5) is 10.7. The second kappa shape index (κ2) is 7.39. The third-order valence-electron chi connectivity index (χ3n) is 6.12. The van der Waals surface area contributed by atoms with Crippen molar-refractivity contribution in [2.24, 2.45) is 16.7 Å². The Kier molecular flexibility index (Phi) is 5.41. The lowest BCUT2D eigenvalue weighted by Crippen LogP contribution is -2.38. The molecule has 2 aliphatic rings. The van der Waals surface area contributed by atoms with Crippen molar-refractivity contribution in [3.8, 4) is 5.75 Å². The van der Waals surface area contributed by atoms with Crippen molar-refractivity contribution in [2.75, 3.05) is 6.61 Å². The Hall–Kier alpha value is -1.51. The molecule has 0 heterocycles. The Bertz CT molecular complexity index is 582. The maximum absolute atomic E-state index is 10.7. The Morgan fingerprint density at radius 3 is 2.48 bits per heavy atom. The maximum atomic E-state index is 10.7. The molecular weight excluding hydrogens is 312 g/mol. The predicted molar refractivity (Wildman–Crippen MR) is 99.9 cm³/mol. The summed E-state index contributed by atoms with van der Waals surface area (Å²) in [5.74, 6) is 0.803. The fourth-order valence-corrected chi connectivity index (χ4v) is 5.47. The first-order chi connectivity index (χ1) is 11.9. The second-order valence-electron chi connectivity index (χ2n) is 9.17. The van der Waals surface area contributed by atoms with Gasteiger partial charge < -0.3 is 9.84 Å². The van der Waals surface area contributed by atoms with Gasteiger partial charge in [0.1, 0.15) is 5.75 Å². The van der Waals surface area contributed by atoms with E-state index >= 15 is 0 Å². The van der Waals surface area contributed by atoms with Crippen LogP contribution in [0.15, 0.2) is 24.3 Å². The Morgan fingerprint density at radius 1 is 1.16 bits per heavy atom. The molecule has 2 saturated carbocycles. The maximum Gasteiger partial charge on any atom is 0.303 e. The zero-order valence-electron chi connectivity index (χ0n) is 15.7. The summed E-state index contributed by atoms with van der Waals surface area (Å²) >= 11 is 0. The summed E-state index contributed by atoms with van der Waals surface area (Å²) in [5, 5.41) is 8.76. The number of hydrogen-bond acceptors (Lipinski definition) is 2. The summed E-state index contributed by atoms with van der Waals surface area (Å²) in [5.41, 5.74) is 2.06. The fourth-order valence-electron chi connectivity index (χ4n) is 5.47. The summed E-state index contributed by atoms with van der Waals surface area (Å²) < 4.78 is 6.11. The van der Waals surface area contributed by atoms with E-state index in [2.05, 4.69) is 13.8 Å². The van der Waals surface area contributed by atoms with Crippen LogP contribution in [0.5, 0.6) is 5.75 Å². The van der Waals surface area contributed by atoms with Gasteiger partial charge in [0.25, 0.3) is 0 Å². The monoisotopic (exact) mass is 344 g/mol. The van der Waals surface area contributed by atoms with Crippen molar-refractivity contribution in [2.45, 2.75) is 71.6 Å². The summed E-state index contributed by atoms with van der Waals surface area (Å²) in [7, 11) is 0. The number of carboxylic acid groups (broad SMARTS) is 1. The van der Waals surface area contributed by atoms with Crippen molar-refractivity contribution < 1.29 is 14.6 Å². The van der Waals surface area contributed by atoms with Gasteiger partial charge >= 0.3 is 5.97 Å². The standard InChI is InChI=1S/C22H32O3/c1-21(2)13-18(14-22(16-21)11-3-4-12-22)15-25-19-8-5-17(6-9-19)7-10-20(23)24/h5-6,8-9,18H,3-4,7,10-16H2,1-2H3,(H,23,24). The lowest BCUT2D eigenvalue weighted by atomic mass is 9.59. The smallest absolute Gasteiger partial charge is 0.303 e. The highest BCUT2D eigenvalue weighted by atomic mass is 16.5. The lowest BCUT2D eigenvalue weighted by Gasteiger charge is -2.46. The first-order valence-corrected chi connectivity index (χ1v) is 9.80. The van der Waals surface area contributed by atoms with Crippen LogP contribution in [0.25, 0.3) is 0 Å². The van der Waals surface area contributed by atoms with Crippen LogP contribution in [0.2, 0.25) is 0 Å². The average Bonchev–Trinajstić information content (AvgIpc) is 2.97. The number of aliphatic carboxylic acids is 1. The summed E-state index contributed by atoms with van der Waals surface area (Å²) in [6.07, 6.45) is 10.3. The van der Waals surface area contributed by atoms with Gasteiger partial charge in [0.15, 0.2) is 0 Å². The molecule has 3 nitrogen and oxygen atoms in total. The van der Waals surface area contributed by atoms with Crippen LogP contribution < -0.4 is 4.74 Å². The zero-order chi connectivity index (χ0) is 17.9. The minimum Gasteiger partial charge on any atom is -0.493 e. The third kappa shape index (κ3) is 4.99. The highest BCUT2D eigenvalue weighted by molar-refractivity contribution is 5.67. The van der Waals surface area contributed by atoms with Crippen LogP contribution in [0.4, 0.5) is 0 Å². The van der Waals surface area contributed by atoms with Crippen LogP contribution in [-0.4, -0.2) is 17.7 Å². The third-order valence-corrected chi connectivity index (χ3v) is 6.12. The summed E-state index contributed by atoms with van der Waals surface area (Å²) in [6, 6.07) is 7.94. The van der Waals surface area contributed by atoms with Crippen molar-refractivity contribution in [1.29, 1.82) is 0 Å². The van der Waals surface area contributed by atoms with Crippen LogP contribution >= 0.6 is 0 Å². The van der Waals surface area contributed by atoms with Crippen LogP contribution in [0.1, 0.15) is 70.8 Å². The number of ether oxygens (including phenoxy) is 1. The minimum atomic E-state index is -0.749. The van der Waals surface area contributed by atoms with E-state index in [9.17, 15) is 4.79 Å². The van der Waals surface area contributed by atoms with E-state index in [1.165, 1.54) is 44.9 Å². The van der Waals surface area contributed by atoms with E-state index in [0.29, 0.717) is 23.2 Å². The molecule has 0 saturated heterocycles. The Labute approximate surface area is 151 Å². The number of rotatable bonds is 6. The van der Waals surface area contributed by atoms with Crippen LogP contribution in [0, 0.1) is 16.7 Å². The minimum absolute atomic E-state index is 0.180. The number of carbonyl (C=O) groups is 1. The number of benzene rings is 1. The first kappa shape index (κ1) is 18.3. The first-order valence-electron chi connectivity index (χ1n) is 9.80. The molecule has 0 bridgehead atoms. The van der Waals surface area contributed by atoms with Gasteiger partial charge in [-0.2, -0.15) is 0 Å². The van der Waals surface area contributed by atoms with E-state index in [-0.39, 0.29) is 6.42 Å². The van der Waals surface area contributed by atoms with Crippen molar-refractivity contribution in [3.05, 3.63) is 29.8 Å². The largest absolute Gasteiger partial charge is 0.493 e. The quantitative estimate of drug-likeness (QED) is 0.744. The molecule has 0 amide bonds. The van der Waals surface area contributed by atoms with Crippen molar-refractivity contribution in [1.82, 2.24) is 0 Å². The molecule has 3 heteroatoms. The molecule has 1 N–H and O–H groups in total. The zero-order valence-corrected chi connectivity index (χ0v) is 15.7. The molecule has 0 aliphatic heterocycles. The van der Waals surface area contributed by atoms with E-state index in [1.54, 1.807) is 0 Å². The average molecular weight is 344 g/mol. The molecule has 0 aromatic heterocycles. The van der Waals surface area contributed by atoms with Gasteiger partial charge in [-0.3, -0.25) is 4.79 Å². The topological polar surface area (TPSA) is 46.5 Å². The SMILES string of the molecule is CC1(C)CC(COc2ccc(CCC(=O)O)cc2)CC2(CCCC2)C1. The number of carboxylic acids is 1. The summed E-state index contributed by atoms with van der Waals surface area (Å²) in [6.45, 7) is 5.66. The molecular formula is C22H32O3. The Morgan fingerprint density at radius 2 is 1.84 bits per heavy atom. The van der Waals surface area contributed by atoms with Gasteiger partial charge in [-0.1, -0.05) is 38.8 Å². The number of aryl methyl sites for hydroxylation is 1. The van der Waals surface area contributed by atoms with Crippen molar-refractivity contribution in [3.63, 3.8) is 0 Å². The molecule has 2 fully saturated rings. The lowest BCUT2D eigenvalue weighted by molar-refractivity contribution is -0.136. The highest BCUT2D eigenvalue weighted by Crippen LogP contribution is 2.56. The van der Waals surface area contributed by atoms with E-state index < -0.39 is 5.97 Å². The molecule has 3 rings (SSSR count). The molecule has 1 unspecified atom stereocenters. The van der Waals surface area contributed by atoms with Gasteiger partial charge in [-0.15, -0.1) is 0 Å². The van der Waals surface area contributed by atoms with Crippen LogP contribution in [-0.2, 0) is 11.2 Å².